The van der Waals surface area contributed by atoms with Gasteiger partial charge in [0, 0.05) is 78.5 Å². The Bertz CT molecular complexity index is 1390. The third-order valence-electron chi connectivity index (χ3n) is 8.55. The molecule has 0 fully saturated rings. The second-order valence-corrected chi connectivity index (χ2v) is 18.7. The number of carbonyl (C=O) groups is 6. The minimum absolute atomic E-state index is 0.0489. The zero-order valence-electron chi connectivity index (χ0n) is 43.6. The van der Waals surface area contributed by atoms with Crippen LogP contribution in [-0.4, -0.2) is 250 Å². The van der Waals surface area contributed by atoms with Crippen molar-refractivity contribution in [3.05, 3.63) is 0 Å². The molecule has 0 aliphatic carbocycles. The van der Waals surface area contributed by atoms with E-state index in [1.165, 1.54) is 0 Å². The van der Waals surface area contributed by atoms with Gasteiger partial charge < -0.3 is 80.1 Å². The number of nitrogens with one attached hydrogen (secondary N) is 5. The van der Waals surface area contributed by atoms with Gasteiger partial charge in [0.15, 0.2) is 0 Å². The Morgan fingerprint density at radius 2 is 0.629 bits per heavy atom. The van der Waals surface area contributed by atoms with E-state index in [1.807, 2.05) is 9.80 Å². The molecule has 410 valence electrons. The van der Waals surface area contributed by atoms with Crippen LogP contribution in [0.15, 0.2) is 0 Å². The Morgan fingerprint density at radius 1 is 0.386 bits per heavy atom. The average Bonchev–Trinajstić information content (AvgIpc) is 3.23. The Morgan fingerprint density at radius 3 is 0.871 bits per heavy atom. The lowest BCUT2D eigenvalue weighted by Gasteiger charge is -2.22. The molecule has 25 heteroatoms. The number of alkyl carbamates (subject to hydrolysis) is 3. The molecule has 0 heterocycles. The first-order chi connectivity index (χ1) is 33.0. The maximum atomic E-state index is 12.9. The lowest BCUT2D eigenvalue weighted by molar-refractivity contribution is -0.138. The summed E-state index contributed by atoms with van der Waals surface area (Å²) in [7, 11) is 0. The molecule has 0 aromatic rings. The van der Waals surface area contributed by atoms with Crippen molar-refractivity contribution in [2.75, 3.05) is 177 Å². The molecule has 0 saturated carbocycles. The summed E-state index contributed by atoms with van der Waals surface area (Å²) in [6.45, 7) is 23.2. The van der Waals surface area contributed by atoms with Crippen molar-refractivity contribution in [1.29, 1.82) is 0 Å². The highest BCUT2D eigenvalue weighted by Crippen LogP contribution is 2.08. The van der Waals surface area contributed by atoms with Crippen LogP contribution in [0.2, 0.25) is 0 Å². The van der Waals surface area contributed by atoms with E-state index in [4.69, 9.17) is 48.4 Å². The van der Waals surface area contributed by atoms with Crippen LogP contribution in [0.5, 0.6) is 0 Å². The van der Waals surface area contributed by atoms with E-state index in [9.17, 15) is 33.9 Å². The van der Waals surface area contributed by atoms with Gasteiger partial charge in [0.25, 0.3) is 0 Å². The van der Waals surface area contributed by atoms with Crippen molar-refractivity contribution < 1.29 is 76.5 Å². The third-order valence-corrected chi connectivity index (χ3v) is 8.55. The van der Waals surface area contributed by atoms with Crippen LogP contribution in [-0.2, 0) is 57.0 Å². The van der Waals surface area contributed by atoms with Crippen molar-refractivity contribution in [3.63, 3.8) is 0 Å². The summed E-state index contributed by atoms with van der Waals surface area (Å²) in [6, 6.07) is 0. The van der Waals surface area contributed by atoms with E-state index in [0.717, 1.165) is 0 Å². The van der Waals surface area contributed by atoms with Crippen molar-refractivity contribution in [1.82, 2.24) is 41.3 Å². The van der Waals surface area contributed by atoms with Crippen LogP contribution in [0, 0.1) is 0 Å². The largest absolute Gasteiger partial charge is 0.480 e. The first-order valence-electron chi connectivity index (χ1n) is 24.0. The molecule has 0 aliphatic rings. The lowest BCUT2D eigenvalue weighted by atomic mass is 10.2. The molecule has 0 aromatic heterocycles. The minimum atomic E-state index is -1.00. The third kappa shape index (κ3) is 46.2. The molecule has 8 N–H and O–H groups in total. The normalized spacial score (nSPS) is 12.0. The summed E-state index contributed by atoms with van der Waals surface area (Å²) >= 11 is 0. The summed E-state index contributed by atoms with van der Waals surface area (Å²) in [5, 5.41) is 23.0. The fourth-order valence-corrected chi connectivity index (χ4v) is 5.52. The Balaban J connectivity index is 4.65. The Hall–Kier alpha value is -4.18. The number of rotatable bonds is 41. The molecule has 70 heavy (non-hydrogen) atoms. The standard InChI is InChI=1S/C45H89N9O16/c1-43(2,3)68-40(59)49-13-25-65-29-17-52(16-28-62-22-10-46)34-37(55)47-11-23-63-32-20-54(36-39(57)58)21-33-64-24-12-48-38(56)35-53(18-30-66-26-14-50-41(60)69-44(4,5)6)19-31-67-27-15-51-42(61)70-45(7,8)9/h10-36,46H2,1-9H3,(H,47,55)(H,48,56)(H,49,59)(H,50,60)(H,51,61)(H,57,58). The van der Waals surface area contributed by atoms with Gasteiger partial charge in [-0.2, -0.15) is 0 Å². The van der Waals surface area contributed by atoms with Gasteiger partial charge in [-0.25, -0.2) is 14.4 Å². The van der Waals surface area contributed by atoms with Gasteiger partial charge in [0.2, 0.25) is 11.8 Å². The molecule has 0 radical (unpaired) electrons. The fraction of sp³-hybridized carbons (Fsp3) is 0.867. The van der Waals surface area contributed by atoms with E-state index in [2.05, 4.69) is 26.6 Å². The molecule has 0 unspecified atom stereocenters. The second-order valence-electron chi connectivity index (χ2n) is 18.7. The van der Waals surface area contributed by atoms with E-state index in [-0.39, 0.29) is 124 Å². The smallest absolute Gasteiger partial charge is 0.407 e. The molecular formula is C45H89N9O16. The van der Waals surface area contributed by atoms with Crippen LogP contribution >= 0.6 is 0 Å². The minimum Gasteiger partial charge on any atom is -0.480 e. The quantitative estimate of drug-likeness (QED) is 0.0309. The maximum Gasteiger partial charge on any atom is 0.407 e. The number of nitrogens with zero attached hydrogens (tertiary/aromatic N) is 3. The summed E-state index contributed by atoms with van der Waals surface area (Å²) < 4.78 is 49.4. The highest BCUT2D eigenvalue weighted by Gasteiger charge is 2.19. The number of nitrogens with two attached hydrogens (primary N) is 1. The van der Waals surface area contributed by atoms with Gasteiger partial charge in [0.1, 0.15) is 16.8 Å². The molecule has 5 amide bonds. The average molecular weight is 1010 g/mol. The van der Waals surface area contributed by atoms with Gasteiger partial charge in [-0.05, 0) is 62.3 Å². The van der Waals surface area contributed by atoms with Crippen molar-refractivity contribution in [2.24, 2.45) is 5.73 Å². The van der Waals surface area contributed by atoms with E-state index in [0.29, 0.717) is 65.6 Å². The summed E-state index contributed by atoms with van der Waals surface area (Å²) in [5.74, 6) is -1.47. The number of carbonyl (C=O) groups excluding carboxylic acids is 5. The van der Waals surface area contributed by atoms with Crippen molar-refractivity contribution in [2.45, 2.75) is 79.1 Å². The number of ether oxygens (including phenoxy) is 9. The Labute approximate surface area is 415 Å². The highest BCUT2D eigenvalue weighted by atomic mass is 16.6. The number of carboxylic acid groups (broad SMARTS) is 1. The SMILES string of the molecule is CC(C)(C)OC(=O)NCCOCCN(CCOCCN)CC(=O)NCCOCCN(CCOCCNC(=O)CN(CCOCCNC(=O)OC(C)(C)C)CCOCCNC(=O)OC(C)(C)C)CC(=O)O. The Kier molecular flexibility index (Phi) is 37.1. The van der Waals surface area contributed by atoms with Crippen LogP contribution in [0.1, 0.15) is 62.3 Å². The fourth-order valence-electron chi connectivity index (χ4n) is 5.52. The number of amides is 5. The number of hydrogen-bond donors (Lipinski definition) is 7. The molecule has 0 atom stereocenters. The van der Waals surface area contributed by atoms with Gasteiger partial charge in [0.05, 0.1) is 98.9 Å². The molecule has 0 spiro atoms. The lowest BCUT2D eigenvalue weighted by Crippen LogP contribution is -2.42. The number of carboxylic acids is 1. The van der Waals surface area contributed by atoms with Crippen molar-refractivity contribution in [3.8, 4) is 0 Å². The predicted molar refractivity (Wildman–Crippen MR) is 260 cm³/mol. The van der Waals surface area contributed by atoms with Crippen LogP contribution in [0.25, 0.3) is 0 Å². The van der Waals surface area contributed by atoms with Crippen molar-refractivity contribution >= 4 is 36.1 Å². The van der Waals surface area contributed by atoms with E-state index in [1.54, 1.807) is 67.2 Å². The topological polar surface area (TPSA) is 302 Å². The molecular weight excluding hydrogens is 923 g/mol. The van der Waals surface area contributed by atoms with E-state index >= 15 is 0 Å². The molecule has 0 rings (SSSR count). The number of aliphatic carboxylic acids is 1. The van der Waals surface area contributed by atoms with Crippen LogP contribution in [0.3, 0.4) is 0 Å². The second kappa shape index (κ2) is 39.4. The van der Waals surface area contributed by atoms with Crippen LogP contribution < -0.4 is 32.3 Å². The van der Waals surface area contributed by atoms with Gasteiger partial charge >= 0.3 is 24.2 Å². The predicted octanol–water partition coefficient (Wildman–Crippen LogP) is -0.158. The maximum absolute atomic E-state index is 12.9. The molecule has 25 nitrogen and oxygen atoms in total. The van der Waals surface area contributed by atoms with Gasteiger partial charge in [-0.1, -0.05) is 0 Å². The summed E-state index contributed by atoms with van der Waals surface area (Å²) in [6.07, 6.45) is -1.60. The van der Waals surface area contributed by atoms with Gasteiger partial charge in [-0.3, -0.25) is 29.1 Å². The zero-order chi connectivity index (χ0) is 52.7. The first-order valence-corrected chi connectivity index (χ1v) is 24.0. The van der Waals surface area contributed by atoms with E-state index < -0.39 is 41.1 Å². The monoisotopic (exact) mass is 1010 g/mol. The molecule has 0 aliphatic heterocycles. The summed E-state index contributed by atoms with van der Waals surface area (Å²) in [4.78, 5) is 78.0. The molecule has 0 saturated heterocycles. The van der Waals surface area contributed by atoms with Crippen LogP contribution in [0.4, 0.5) is 14.4 Å². The number of hydrogen-bond acceptors (Lipinski definition) is 19. The zero-order valence-corrected chi connectivity index (χ0v) is 43.6. The highest BCUT2D eigenvalue weighted by molar-refractivity contribution is 5.78. The molecule has 0 aromatic carbocycles. The molecule has 0 bridgehead atoms. The van der Waals surface area contributed by atoms with Gasteiger partial charge in [-0.15, -0.1) is 0 Å². The summed E-state index contributed by atoms with van der Waals surface area (Å²) in [5.41, 5.74) is 3.69. The first kappa shape index (κ1) is 65.8.